The normalized spacial score (nSPS) is 22.7. The molecule has 2 heterocycles. The van der Waals surface area contributed by atoms with Crippen LogP contribution in [0, 0.1) is 0 Å². The first-order chi connectivity index (χ1) is 8.45. The van der Waals surface area contributed by atoms with Gasteiger partial charge in [0.15, 0.2) is 5.13 Å². The van der Waals surface area contributed by atoms with Gasteiger partial charge in [-0.25, -0.2) is 4.98 Å². The number of thiazole rings is 1. The lowest BCUT2D eigenvalue weighted by Crippen LogP contribution is -2.50. The van der Waals surface area contributed by atoms with E-state index in [1.807, 2.05) is 11.5 Å². The molecule has 1 aliphatic heterocycles. The number of anilines is 1. The standard InChI is InChI=1S/C13H21N3OS/c1-13(2,3)16-6-7-17-11(8-16)5-4-10-9-18-12(14)15-10/h4-5,9,11H,6-8H2,1-3H3,(H2,14,15)/b5-4+. The van der Waals surface area contributed by atoms with Crippen LogP contribution in [-0.4, -0.2) is 41.2 Å². The van der Waals surface area contributed by atoms with Gasteiger partial charge >= 0.3 is 0 Å². The molecule has 0 spiro atoms. The molecule has 1 aromatic rings. The number of nitrogens with zero attached hydrogens (tertiary/aromatic N) is 2. The van der Waals surface area contributed by atoms with Crippen LogP contribution >= 0.6 is 11.3 Å². The van der Waals surface area contributed by atoms with Crippen molar-refractivity contribution in [3.8, 4) is 0 Å². The Balaban J connectivity index is 1.95. The number of ether oxygens (including phenoxy) is 1. The molecule has 0 radical (unpaired) electrons. The molecule has 2 rings (SSSR count). The Morgan fingerprint density at radius 2 is 2.33 bits per heavy atom. The number of nitrogen functional groups attached to an aromatic ring is 1. The number of nitrogens with two attached hydrogens (primary N) is 1. The lowest BCUT2D eigenvalue weighted by Gasteiger charge is -2.40. The molecule has 0 saturated carbocycles. The molecule has 1 saturated heterocycles. The summed E-state index contributed by atoms with van der Waals surface area (Å²) in [5.41, 5.74) is 6.71. The molecule has 100 valence electrons. The van der Waals surface area contributed by atoms with Crippen LogP contribution < -0.4 is 5.73 Å². The van der Waals surface area contributed by atoms with Crippen molar-refractivity contribution >= 4 is 22.5 Å². The summed E-state index contributed by atoms with van der Waals surface area (Å²) in [6.07, 6.45) is 4.21. The molecular weight excluding hydrogens is 246 g/mol. The second-order valence-electron chi connectivity index (χ2n) is 5.50. The SMILES string of the molecule is CC(C)(C)N1CCOC(/C=C/c2csc(N)n2)C1. The van der Waals surface area contributed by atoms with Crippen LogP contribution in [0.3, 0.4) is 0 Å². The van der Waals surface area contributed by atoms with Crippen LogP contribution in [0.5, 0.6) is 0 Å². The van der Waals surface area contributed by atoms with Crippen LogP contribution in [-0.2, 0) is 4.74 Å². The topological polar surface area (TPSA) is 51.4 Å². The molecule has 0 bridgehead atoms. The molecule has 2 N–H and O–H groups in total. The summed E-state index contributed by atoms with van der Waals surface area (Å²) in [5.74, 6) is 0. The summed E-state index contributed by atoms with van der Waals surface area (Å²) in [7, 11) is 0. The molecule has 1 atom stereocenters. The second-order valence-corrected chi connectivity index (χ2v) is 6.39. The maximum Gasteiger partial charge on any atom is 0.180 e. The summed E-state index contributed by atoms with van der Waals surface area (Å²) < 4.78 is 5.75. The minimum Gasteiger partial charge on any atom is -0.375 e. The van der Waals surface area contributed by atoms with Gasteiger partial charge in [0.2, 0.25) is 0 Å². The quantitative estimate of drug-likeness (QED) is 0.893. The highest BCUT2D eigenvalue weighted by atomic mass is 32.1. The van der Waals surface area contributed by atoms with Gasteiger partial charge in [-0.2, -0.15) is 0 Å². The molecule has 4 nitrogen and oxygen atoms in total. The van der Waals surface area contributed by atoms with Crippen LogP contribution in [0.15, 0.2) is 11.5 Å². The molecular formula is C13H21N3OS. The maximum atomic E-state index is 5.75. The fourth-order valence-corrected chi connectivity index (χ4v) is 2.52. The van der Waals surface area contributed by atoms with Gasteiger partial charge in [0, 0.05) is 24.0 Å². The largest absolute Gasteiger partial charge is 0.375 e. The van der Waals surface area contributed by atoms with Gasteiger partial charge in [0.25, 0.3) is 0 Å². The highest BCUT2D eigenvalue weighted by Gasteiger charge is 2.27. The number of morpholine rings is 1. The number of hydrogen-bond acceptors (Lipinski definition) is 5. The van der Waals surface area contributed by atoms with Crippen molar-refractivity contribution in [3.63, 3.8) is 0 Å². The van der Waals surface area contributed by atoms with Gasteiger partial charge in [-0.15, -0.1) is 11.3 Å². The van der Waals surface area contributed by atoms with E-state index in [2.05, 4.69) is 36.7 Å². The summed E-state index contributed by atoms with van der Waals surface area (Å²) in [6, 6.07) is 0. The molecule has 1 aliphatic rings. The van der Waals surface area contributed by atoms with Crippen molar-refractivity contribution in [2.75, 3.05) is 25.4 Å². The number of aromatic nitrogens is 1. The summed E-state index contributed by atoms with van der Waals surface area (Å²) >= 11 is 1.46. The molecule has 0 aliphatic carbocycles. The highest BCUT2D eigenvalue weighted by Crippen LogP contribution is 2.19. The van der Waals surface area contributed by atoms with Crippen LogP contribution in [0.2, 0.25) is 0 Å². The zero-order chi connectivity index (χ0) is 13.2. The van der Waals surface area contributed by atoms with Crippen molar-refractivity contribution in [1.82, 2.24) is 9.88 Å². The lowest BCUT2D eigenvalue weighted by molar-refractivity contribution is -0.0369. The van der Waals surface area contributed by atoms with Crippen molar-refractivity contribution < 1.29 is 4.74 Å². The van der Waals surface area contributed by atoms with E-state index in [0.717, 1.165) is 25.4 Å². The third-order valence-corrected chi connectivity index (χ3v) is 3.76. The Kier molecular flexibility index (Phi) is 4.04. The van der Waals surface area contributed by atoms with Crippen molar-refractivity contribution in [3.05, 3.63) is 17.2 Å². The van der Waals surface area contributed by atoms with Gasteiger partial charge in [0.1, 0.15) is 0 Å². The van der Waals surface area contributed by atoms with E-state index in [-0.39, 0.29) is 11.6 Å². The van der Waals surface area contributed by atoms with Crippen LogP contribution in [0.1, 0.15) is 26.5 Å². The Bertz CT molecular complexity index is 422. The summed E-state index contributed by atoms with van der Waals surface area (Å²) in [6.45, 7) is 9.42. The smallest absolute Gasteiger partial charge is 0.180 e. The van der Waals surface area contributed by atoms with Crippen molar-refractivity contribution in [2.45, 2.75) is 32.4 Å². The van der Waals surface area contributed by atoms with E-state index in [4.69, 9.17) is 10.5 Å². The average Bonchev–Trinajstić information content (AvgIpc) is 2.72. The molecule has 5 heteroatoms. The first-order valence-corrected chi connectivity index (χ1v) is 7.09. The predicted octanol–water partition coefficient (Wildman–Crippen LogP) is 2.24. The van der Waals surface area contributed by atoms with Gasteiger partial charge in [-0.1, -0.05) is 6.08 Å². The van der Waals surface area contributed by atoms with E-state index in [1.165, 1.54) is 11.3 Å². The van der Waals surface area contributed by atoms with Crippen molar-refractivity contribution in [2.24, 2.45) is 0 Å². The highest BCUT2D eigenvalue weighted by molar-refractivity contribution is 7.13. The van der Waals surface area contributed by atoms with E-state index < -0.39 is 0 Å². The minimum atomic E-state index is 0.140. The average molecular weight is 267 g/mol. The molecule has 0 amide bonds. The zero-order valence-electron chi connectivity index (χ0n) is 11.2. The number of hydrogen-bond donors (Lipinski definition) is 1. The van der Waals surface area contributed by atoms with E-state index in [0.29, 0.717) is 5.13 Å². The Hall–Kier alpha value is -0.910. The van der Waals surface area contributed by atoms with Crippen molar-refractivity contribution in [1.29, 1.82) is 0 Å². The van der Waals surface area contributed by atoms with Crippen LogP contribution in [0.25, 0.3) is 6.08 Å². The fourth-order valence-electron chi connectivity index (χ4n) is 1.98. The molecule has 1 aromatic heterocycles. The van der Waals surface area contributed by atoms with E-state index >= 15 is 0 Å². The van der Waals surface area contributed by atoms with E-state index in [9.17, 15) is 0 Å². The predicted molar refractivity (Wildman–Crippen MR) is 76.6 cm³/mol. The molecule has 18 heavy (non-hydrogen) atoms. The maximum absolute atomic E-state index is 5.75. The molecule has 1 unspecified atom stereocenters. The Morgan fingerprint density at radius 1 is 1.56 bits per heavy atom. The summed E-state index contributed by atoms with van der Waals surface area (Å²) in [5, 5.41) is 2.56. The van der Waals surface area contributed by atoms with Gasteiger partial charge < -0.3 is 10.5 Å². The third-order valence-electron chi connectivity index (χ3n) is 3.06. The van der Waals surface area contributed by atoms with E-state index in [1.54, 1.807) is 0 Å². The Labute approximate surface area is 112 Å². The monoisotopic (exact) mass is 267 g/mol. The van der Waals surface area contributed by atoms with Crippen LogP contribution in [0.4, 0.5) is 5.13 Å². The fraction of sp³-hybridized carbons (Fsp3) is 0.615. The van der Waals surface area contributed by atoms with Gasteiger partial charge in [0.05, 0.1) is 18.4 Å². The third kappa shape index (κ3) is 3.54. The van der Waals surface area contributed by atoms with Gasteiger partial charge in [-0.3, -0.25) is 4.90 Å². The first kappa shape index (κ1) is 13.5. The Morgan fingerprint density at radius 3 is 2.94 bits per heavy atom. The molecule has 1 fully saturated rings. The zero-order valence-corrected chi connectivity index (χ0v) is 12.0. The molecule has 0 aromatic carbocycles. The first-order valence-electron chi connectivity index (χ1n) is 6.21. The summed E-state index contributed by atoms with van der Waals surface area (Å²) in [4.78, 5) is 6.65. The van der Waals surface area contributed by atoms with Gasteiger partial charge in [-0.05, 0) is 26.8 Å². The lowest BCUT2D eigenvalue weighted by atomic mass is 10.0. The number of rotatable bonds is 2. The minimum absolute atomic E-state index is 0.140. The second kappa shape index (κ2) is 5.38.